The molecule has 0 aromatic heterocycles. The number of likely N-dealkylation sites (N-methyl/N-ethyl adjacent to an activating group) is 1. The largest absolute Gasteiger partial charge is 0.294 e. The summed E-state index contributed by atoms with van der Waals surface area (Å²) in [5.74, 6) is -0.527. The van der Waals surface area contributed by atoms with Crippen molar-refractivity contribution in [3.05, 3.63) is 33.9 Å². The minimum Gasteiger partial charge on any atom is -0.294 e. The summed E-state index contributed by atoms with van der Waals surface area (Å²) in [5.41, 5.74) is 3.86. The summed E-state index contributed by atoms with van der Waals surface area (Å²) in [6, 6.07) is 1.80. The van der Waals surface area contributed by atoms with E-state index in [0.717, 1.165) is 0 Å². The number of aryl methyl sites for hydroxylation is 1. The third-order valence-electron chi connectivity index (χ3n) is 4.86. The zero-order chi connectivity index (χ0) is 18.7. The summed E-state index contributed by atoms with van der Waals surface area (Å²) in [6.45, 7) is 6.98. The van der Waals surface area contributed by atoms with Gasteiger partial charge in [-0.15, -0.1) is 0 Å². The Morgan fingerprint density at radius 2 is 1.84 bits per heavy atom. The van der Waals surface area contributed by atoms with Crippen molar-refractivity contribution in [3.8, 4) is 0 Å². The summed E-state index contributed by atoms with van der Waals surface area (Å²) in [5, 5.41) is 5.42. The number of nitrogens with zero attached hydrogens (tertiary/aromatic N) is 2. The predicted molar refractivity (Wildman–Crippen MR) is 95.4 cm³/mol. The molecule has 6 nitrogen and oxygen atoms in total. The zero-order valence-corrected chi connectivity index (χ0v) is 15.7. The normalized spacial score (nSPS) is 21.3. The summed E-state index contributed by atoms with van der Waals surface area (Å²) in [4.78, 5) is 24.8. The number of hydrazone groups is 1. The average molecular weight is 360 g/mol. The van der Waals surface area contributed by atoms with E-state index in [1.54, 1.807) is 40.8 Å². The number of allylic oxidation sites excluding steroid dienone is 1. The predicted octanol–water partition coefficient (Wildman–Crippen LogP) is 2.28. The SMILES string of the molecule is CC1=NN(C)C(=O)/C1=C(/C)c1cc(C)c2c(c1C)S(=O)(=O)CCC2=O. The Balaban J connectivity index is 2.35. The van der Waals surface area contributed by atoms with Crippen LogP contribution < -0.4 is 0 Å². The Labute approximate surface area is 147 Å². The third kappa shape index (κ3) is 2.54. The Bertz CT molecular complexity index is 1000. The second kappa shape index (κ2) is 5.62. The van der Waals surface area contributed by atoms with Crippen LogP contribution in [0.1, 0.15) is 47.3 Å². The molecule has 3 rings (SSSR count). The van der Waals surface area contributed by atoms with E-state index in [9.17, 15) is 18.0 Å². The van der Waals surface area contributed by atoms with Crippen molar-refractivity contribution in [1.82, 2.24) is 5.01 Å². The van der Waals surface area contributed by atoms with Crippen LogP contribution in [0.3, 0.4) is 0 Å². The summed E-state index contributed by atoms with van der Waals surface area (Å²) >= 11 is 0. The molecule has 25 heavy (non-hydrogen) atoms. The molecule has 0 unspecified atom stereocenters. The minimum absolute atomic E-state index is 0.0179. The van der Waals surface area contributed by atoms with E-state index in [1.165, 1.54) is 5.01 Å². The molecule has 2 heterocycles. The molecule has 1 amide bonds. The lowest BCUT2D eigenvalue weighted by Crippen LogP contribution is -2.24. The van der Waals surface area contributed by atoms with Crippen molar-refractivity contribution in [2.45, 2.75) is 39.0 Å². The lowest BCUT2D eigenvalue weighted by atomic mass is 9.90. The van der Waals surface area contributed by atoms with E-state index >= 15 is 0 Å². The molecule has 0 saturated heterocycles. The average Bonchev–Trinajstić information content (AvgIpc) is 2.77. The van der Waals surface area contributed by atoms with Gasteiger partial charge in [0.05, 0.1) is 21.9 Å². The molecule has 0 fully saturated rings. The van der Waals surface area contributed by atoms with Crippen LogP contribution in [0.2, 0.25) is 0 Å². The highest BCUT2D eigenvalue weighted by Gasteiger charge is 2.34. The van der Waals surface area contributed by atoms with Crippen molar-refractivity contribution in [2.75, 3.05) is 12.8 Å². The second-order valence-electron chi connectivity index (χ2n) is 6.58. The van der Waals surface area contributed by atoms with Gasteiger partial charge < -0.3 is 0 Å². The highest BCUT2D eigenvalue weighted by molar-refractivity contribution is 7.91. The van der Waals surface area contributed by atoms with Gasteiger partial charge in [0, 0.05) is 19.0 Å². The van der Waals surface area contributed by atoms with Crippen molar-refractivity contribution < 1.29 is 18.0 Å². The number of rotatable bonds is 1. The first kappa shape index (κ1) is 17.5. The fourth-order valence-electron chi connectivity index (χ4n) is 3.67. The van der Waals surface area contributed by atoms with Gasteiger partial charge in [-0.05, 0) is 50.0 Å². The maximum absolute atomic E-state index is 12.6. The summed E-state index contributed by atoms with van der Waals surface area (Å²) in [7, 11) is -1.93. The Kier molecular flexibility index (Phi) is 3.95. The number of fused-ring (bicyclic) bond motifs is 1. The van der Waals surface area contributed by atoms with E-state index in [2.05, 4.69) is 5.10 Å². The highest BCUT2D eigenvalue weighted by atomic mass is 32.2. The van der Waals surface area contributed by atoms with Gasteiger partial charge in [0.25, 0.3) is 5.91 Å². The lowest BCUT2D eigenvalue weighted by Gasteiger charge is -2.23. The fraction of sp³-hybridized carbons (Fsp3) is 0.389. The van der Waals surface area contributed by atoms with Gasteiger partial charge in [0.2, 0.25) is 0 Å². The summed E-state index contributed by atoms with van der Waals surface area (Å²) in [6.07, 6.45) is 0.0179. The topological polar surface area (TPSA) is 83.9 Å². The minimum atomic E-state index is -3.51. The van der Waals surface area contributed by atoms with E-state index in [-0.39, 0.29) is 28.8 Å². The molecule has 2 aliphatic heterocycles. The monoisotopic (exact) mass is 360 g/mol. The molecule has 0 N–H and O–H groups in total. The maximum atomic E-state index is 12.6. The van der Waals surface area contributed by atoms with Gasteiger partial charge in [-0.25, -0.2) is 13.4 Å². The number of sulfone groups is 1. The Morgan fingerprint density at radius 1 is 1.20 bits per heavy atom. The third-order valence-corrected chi connectivity index (χ3v) is 6.74. The number of amides is 1. The molecular formula is C18H20N2O4S. The quantitative estimate of drug-likeness (QED) is 0.719. The Morgan fingerprint density at radius 3 is 2.40 bits per heavy atom. The Hall–Kier alpha value is -2.28. The van der Waals surface area contributed by atoms with Crippen LogP contribution in [0.5, 0.6) is 0 Å². The molecule has 7 heteroatoms. The van der Waals surface area contributed by atoms with Gasteiger partial charge in [-0.3, -0.25) is 9.59 Å². The number of Topliss-reactive ketones (excluding diaryl/α,β-unsaturated/α-hetero) is 1. The number of hydrogen-bond donors (Lipinski definition) is 0. The van der Waals surface area contributed by atoms with Crippen LogP contribution in [-0.2, 0) is 14.6 Å². The van der Waals surface area contributed by atoms with E-state index < -0.39 is 9.84 Å². The first-order valence-corrected chi connectivity index (χ1v) is 9.66. The molecule has 132 valence electrons. The molecule has 0 bridgehead atoms. The number of hydrogen-bond acceptors (Lipinski definition) is 5. The second-order valence-corrected chi connectivity index (χ2v) is 8.62. The van der Waals surface area contributed by atoms with E-state index in [0.29, 0.717) is 39.1 Å². The molecule has 1 aromatic rings. The van der Waals surface area contributed by atoms with Gasteiger partial charge in [-0.1, -0.05) is 6.07 Å². The molecule has 0 radical (unpaired) electrons. The molecular weight excluding hydrogens is 340 g/mol. The maximum Gasteiger partial charge on any atom is 0.275 e. The highest BCUT2D eigenvalue weighted by Crippen LogP contribution is 2.36. The van der Waals surface area contributed by atoms with E-state index in [4.69, 9.17) is 0 Å². The molecule has 2 aliphatic rings. The number of benzene rings is 1. The molecule has 1 aromatic carbocycles. The lowest BCUT2D eigenvalue weighted by molar-refractivity contribution is -0.124. The molecule has 0 saturated carbocycles. The van der Waals surface area contributed by atoms with Gasteiger partial charge in [-0.2, -0.15) is 5.10 Å². The first-order valence-electron chi connectivity index (χ1n) is 8.01. The molecule has 0 atom stereocenters. The van der Waals surface area contributed by atoms with Gasteiger partial charge in [0.15, 0.2) is 15.6 Å². The van der Waals surface area contributed by atoms with Crippen LogP contribution in [0.25, 0.3) is 5.57 Å². The van der Waals surface area contributed by atoms with Crippen molar-refractivity contribution in [3.63, 3.8) is 0 Å². The molecule has 0 aliphatic carbocycles. The number of carbonyl (C=O) groups excluding carboxylic acids is 2. The van der Waals surface area contributed by atoms with Crippen LogP contribution in [0.4, 0.5) is 0 Å². The molecule has 0 spiro atoms. The van der Waals surface area contributed by atoms with Gasteiger partial charge >= 0.3 is 0 Å². The van der Waals surface area contributed by atoms with Crippen molar-refractivity contribution in [2.24, 2.45) is 5.10 Å². The zero-order valence-electron chi connectivity index (χ0n) is 14.9. The van der Waals surface area contributed by atoms with E-state index in [1.807, 2.05) is 0 Å². The van der Waals surface area contributed by atoms with Crippen LogP contribution in [0.15, 0.2) is 21.6 Å². The fourth-order valence-corrected chi connectivity index (χ4v) is 5.49. The van der Waals surface area contributed by atoms with Crippen molar-refractivity contribution in [1.29, 1.82) is 0 Å². The number of ketones is 1. The van der Waals surface area contributed by atoms with Crippen LogP contribution in [-0.4, -0.2) is 43.6 Å². The van der Waals surface area contributed by atoms with Crippen LogP contribution in [0, 0.1) is 13.8 Å². The number of carbonyl (C=O) groups is 2. The summed E-state index contributed by atoms with van der Waals surface area (Å²) < 4.78 is 25.2. The van der Waals surface area contributed by atoms with Crippen LogP contribution >= 0.6 is 0 Å². The smallest absolute Gasteiger partial charge is 0.275 e. The standard InChI is InChI=1S/C18H20N2O4S/c1-9-8-13(10(2)16-12(4)19-20(5)18(16)22)11(3)17-15(9)14(21)6-7-25(17,23)24/h8H,6-7H2,1-5H3/b16-10-. The van der Waals surface area contributed by atoms with Crippen molar-refractivity contribution >= 4 is 32.8 Å². The van der Waals surface area contributed by atoms with Gasteiger partial charge in [0.1, 0.15) is 0 Å². The first-order chi connectivity index (χ1) is 11.6.